The molecule has 0 radical (unpaired) electrons. The first-order valence-corrected chi connectivity index (χ1v) is 39.2. The molecule has 8 atom stereocenters. The zero-order valence-electron chi connectivity index (χ0n) is 65.5. The average Bonchev–Trinajstić information content (AvgIpc) is 1.46. The molecule has 0 bridgehead atoms. The van der Waals surface area contributed by atoms with Gasteiger partial charge < -0.3 is 58.0 Å². The molecule has 9 aromatic rings. The molecule has 110 heavy (non-hydrogen) atoms. The van der Waals surface area contributed by atoms with Crippen molar-refractivity contribution in [2.45, 2.75) is 207 Å². The number of carbonyl (C=O) groups is 6. The van der Waals surface area contributed by atoms with E-state index < -0.39 is 47.5 Å². The maximum absolute atomic E-state index is 16.6. The van der Waals surface area contributed by atoms with Crippen LogP contribution in [0.15, 0.2) is 97.1 Å². The first kappa shape index (κ1) is 75.9. The molecule has 20 heteroatoms. The number of rotatable bonds is 28. The lowest BCUT2D eigenvalue weighted by molar-refractivity contribution is -0.128. The van der Waals surface area contributed by atoms with E-state index in [-0.39, 0.29) is 129 Å². The normalized spacial score (nSPS) is 20.3. The van der Waals surface area contributed by atoms with Crippen LogP contribution in [0.5, 0.6) is 46.0 Å². The van der Waals surface area contributed by atoms with E-state index in [1.807, 2.05) is 76.2 Å². The standard InChI is InChI=1S/C90H100N4O16/c1-45(2)53-21-25-69(49(9)29-53)107-73-35-63-77-64(88(98)93(87(63)97)67(43-101-13)85(95)91-57-17-15-19-59(33-57)103-39-61-41-105-61)37-75(109-71-27-23-55(47(5)6)31-51(71)11)81-82-76(110-72-28-24-56(48(7)8)32-52(72)12)38-66-78-65(36-74(80(84(78)82)79(73)83(77)81)108-70-26-22-54(46(3)4)30-50(70)10)89(99)94(90(66)100)68(44-102-14)86(96)92-58-18-16-20-60(34-58)104-40-62-42-106-62/h21-32,35-38,45-48,57-62,67-68H,15-20,33-34,39-44H2,1-14H3,(H,91,95)(H,92,96). The minimum absolute atomic E-state index is 0.0178. The van der Waals surface area contributed by atoms with E-state index >= 15 is 28.8 Å². The fourth-order valence-corrected chi connectivity index (χ4v) is 16.6. The van der Waals surface area contributed by atoms with Crippen LogP contribution >= 0.6 is 0 Å². The van der Waals surface area contributed by atoms with Gasteiger partial charge in [0.25, 0.3) is 23.6 Å². The number of methoxy groups -OCH3 is 2. The smallest absolute Gasteiger partial charge is 0.262 e. The highest BCUT2D eigenvalue weighted by Crippen LogP contribution is 2.59. The second-order valence-corrected chi connectivity index (χ2v) is 32.3. The van der Waals surface area contributed by atoms with Gasteiger partial charge in [-0.15, -0.1) is 0 Å². The summed E-state index contributed by atoms with van der Waals surface area (Å²) in [5.41, 5.74) is 7.33. The lowest BCUT2D eigenvalue weighted by Gasteiger charge is -2.37. The number of epoxide rings is 2. The third-order valence-electron chi connectivity index (χ3n) is 23.0. The number of nitrogens with one attached hydrogen (secondary N) is 2. The molecule has 4 fully saturated rings. The predicted molar refractivity (Wildman–Crippen MR) is 421 cm³/mol. The van der Waals surface area contributed by atoms with Gasteiger partial charge in [0.15, 0.2) is 0 Å². The number of imide groups is 2. The summed E-state index contributed by atoms with van der Waals surface area (Å²) in [5.74, 6) is -1.62. The molecule has 0 aromatic heterocycles. The molecule has 6 amide bonds. The van der Waals surface area contributed by atoms with Crippen molar-refractivity contribution in [3.05, 3.63) is 164 Å². The molecule has 8 unspecified atom stereocenters. The predicted octanol–water partition coefficient (Wildman–Crippen LogP) is 17.5. The van der Waals surface area contributed by atoms with Crippen molar-refractivity contribution >= 4 is 78.5 Å². The van der Waals surface area contributed by atoms with E-state index in [4.69, 9.17) is 47.4 Å². The summed E-state index contributed by atoms with van der Waals surface area (Å²) in [7, 11) is 2.86. The summed E-state index contributed by atoms with van der Waals surface area (Å²) in [5, 5.41) is 8.73. The van der Waals surface area contributed by atoms with Gasteiger partial charge in [0.05, 0.1) is 74.1 Å². The number of benzene rings is 9. The maximum Gasteiger partial charge on any atom is 0.262 e. The maximum atomic E-state index is 16.6. The quantitative estimate of drug-likeness (QED) is 0.0201. The molecular formula is C90H100N4O16. The second kappa shape index (κ2) is 31.0. The number of aryl methyl sites for hydroxylation is 4. The van der Waals surface area contributed by atoms with Crippen LogP contribution < -0.4 is 29.6 Å². The lowest BCUT2D eigenvalue weighted by atomic mass is 9.80. The second-order valence-electron chi connectivity index (χ2n) is 32.3. The number of amides is 6. The molecule has 4 aliphatic heterocycles. The van der Waals surface area contributed by atoms with Crippen LogP contribution in [-0.2, 0) is 38.0 Å². The number of ether oxygens (including phenoxy) is 10. The molecule has 2 N–H and O–H groups in total. The van der Waals surface area contributed by atoms with Gasteiger partial charge in [-0.25, -0.2) is 0 Å². The molecule has 15 rings (SSSR count). The first-order chi connectivity index (χ1) is 52.9. The number of hydrogen-bond donors (Lipinski definition) is 2. The Labute approximate surface area is 642 Å². The largest absolute Gasteiger partial charge is 0.456 e. The molecule has 2 aliphatic carbocycles. The lowest BCUT2D eigenvalue weighted by Crippen LogP contribution is -2.57. The molecular weight excluding hydrogens is 1390 g/mol. The molecule has 576 valence electrons. The van der Waals surface area contributed by atoms with Gasteiger partial charge in [-0.1, -0.05) is 104 Å². The number of nitrogens with zero attached hydrogens (tertiary/aromatic N) is 2. The summed E-state index contributed by atoms with van der Waals surface area (Å²) in [6.07, 6.45) is 5.37. The Balaban J connectivity index is 1.04. The van der Waals surface area contributed by atoms with Gasteiger partial charge in [0.1, 0.15) is 70.3 Å². The van der Waals surface area contributed by atoms with Crippen LogP contribution in [0.4, 0.5) is 0 Å². The molecule has 2 saturated heterocycles. The van der Waals surface area contributed by atoms with E-state index in [2.05, 4.69) is 90.3 Å². The van der Waals surface area contributed by atoms with Gasteiger partial charge in [0, 0.05) is 69.4 Å². The molecule has 2 saturated carbocycles. The SMILES string of the molecule is COCC(C(=O)NC1CCCC(OCC2CO2)C1)N1C(=O)c2cc(Oc3ccc(C(C)C)cc3C)c3c4c(Oc5ccc(C(C)C)cc5C)cc5c6c(cc(Oc7ccc(C(C)C)cc7C)c(c7c(Oc8ccc(C(C)C)cc8C)cc(c2c37)C1=O)c64)C(=O)N(C(COC)C(=O)NC1CCCC(OCC2CO2)C1)C5=O. The van der Waals surface area contributed by atoms with Crippen molar-refractivity contribution in [3.8, 4) is 46.0 Å². The average molecular weight is 1490 g/mol. The van der Waals surface area contributed by atoms with E-state index in [1.54, 1.807) is 24.3 Å². The molecule has 9 aromatic carbocycles. The van der Waals surface area contributed by atoms with Gasteiger partial charge in [0.2, 0.25) is 11.8 Å². The molecule has 20 nitrogen and oxygen atoms in total. The summed E-state index contributed by atoms with van der Waals surface area (Å²) in [4.78, 5) is 99.0. The fraction of sp³-hybridized carbons (Fsp3) is 0.444. The Bertz CT molecular complexity index is 4590. The van der Waals surface area contributed by atoms with Crippen molar-refractivity contribution in [1.82, 2.24) is 20.4 Å². The summed E-state index contributed by atoms with van der Waals surface area (Å²) < 4.78 is 65.1. The Kier molecular flexibility index (Phi) is 21.4. The molecule has 4 heterocycles. The zero-order chi connectivity index (χ0) is 77.4. The van der Waals surface area contributed by atoms with Gasteiger partial charge in [-0.2, -0.15) is 0 Å². The van der Waals surface area contributed by atoms with Gasteiger partial charge in [-0.3, -0.25) is 38.6 Å². The van der Waals surface area contributed by atoms with E-state index in [0.717, 1.165) is 80.0 Å². The molecule has 6 aliphatic rings. The minimum Gasteiger partial charge on any atom is -0.456 e. The van der Waals surface area contributed by atoms with Crippen LogP contribution in [0.2, 0.25) is 0 Å². The summed E-state index contributed by atoms with van der Waals surface area (Å²) in [6.45, 7) is 26.2. The van der Waals surface area contributed by atoms with Crippen molar-refractivity contribution < 1.29 is 76.1 Å². The summed E-state index contributed by atoms with van der Waals surface area (Å²) in [6, 6.07) is 26.7. The molecule has 0 spiro atoms. The van der Waals surface area contributed by atoms with Crippen molar-refractivity contribution in [3.63, 3.8) is 0 Å². The number of fused-ring (bicyclic) bond motifs is 2. The van der Waals surface area contributed by atoms with Crippen LogP contribution in [0.3, 0.4) is 0 Å². The minimum atomic E-state index is -1.48. The van der Waals surface area contributed by atoms with Crippen LogP contribution in [0.25, 0.3) is 43.1 Å². The van der Waals surface area contributed by atoms with Gasteiger partial charge in [-0.05, 0) is 196 Å². The Hall–Kier alpha value is -9.54. The Morgan fingerprint density at radius 1 is 0.400 bits per heavy atom. The van der Waals surface area contributed by atoms with Crippen LogP contribution in [0, 0.1) is 27.7 Å². The highest BCUT2D eigenvalue weighted by molar-refractivity contribution is 6.45. The Morgan fingerprint density at radius 3 is 0.927 bits per heavy atom. The van der Waals surface area contributed by atoms with Crippen LogP contribution in [0.1, 0.15) is 216 Å². The van der Waals surface area contributed by atoms with E-state index in [0.29, 0.717) is 107 Å². The summed E-state index contributed by atoms with van der Waals surface area (Å²) >= 11 is 0. The third-order valence-corrected chi connectivity index (χ3v) is 23.0. The first-order valence-electron chi connectivity index (χ1n) is 39.2. The number of hydrogen-bond acceptors (Lipinski definition) is 16. The Morgan fingerprint density at radius 2 is 0.682 bits per heavy atom. The van der Waals surface area contributed by atoms with Crippen LogP contribution in [-0.4, -0.2) is 148 Å². The van der Waals surface area contributed by atoms with Crippen molar-refractivity contribution in [2.24, 2.45) is 0 Å². The van der Waals surface area contributed by atoms with E-state index in [9.17, 15) is 0 Å². The monoisotopic (exact) mass is 1490 g/mol. The third kappa shape index (κ3) is 14.7. The van der Waals surface area contributed by atoms with Crippen molar-refractivity contribution in [1.29, 1.82) is 0 Å². The van der Waals surface area contributed by atoms with Gasteiger partial charge >= 0.3 is 0 Å². The topological polar surface area (TPSA) is 232 Å². The van der Waals surface area contributed by atoms with E-state index in [1.165, 1.54) is 14.2 Å². The fourth-order valence-electron chi connectivity index (χ4n) is 16.6. The van der Waals surface area contributed by atoms with Crippen molar-refractivity contribution in [2.75, 3.05) is 53.9 Å². The highest BCUT2D eigenvalue weighted by atomic mass is 16.6. The highest BCUT2D eigenvalue weighted by Gasteiger charge is 2.48. The zero-order valence-corrected chi connectivity index (χ0v) is 65.5. The number of carbonyl (C=O) groups excluding carboxylic acids is 6.